The number of alkyl carbamates (subject to hydrolysis) is 1. The van der Waals surface area contributed by atoms with Crippen molar-refractivity contribution in [2.45, 2.75) is 110 Å². The highest BCUT2D eigenvalue weighted by Crippen LogP contribution is 2.65. The van der Waals surface area contributed by atoms with Crippen LogP contribution in [0.1, 0.15) is 86.5 Å². The molecule has 0 aromatic rings. The van der Waals surface area contributed by atoms with E-state index in [2.05, 4.69) is 16.0 Å². The molecule has 2 saturated carbocycles. The molecule has 12 nitrogen and oxygen atoms in total. The van der Waals surface area contributed by atoms with E-state index >= 15 is 0 Å². The molecule has 5 unspecified atom stereocenters. The number of rotatable bonds is 11. The molecule has 41 heavy (non-hydrogen) atoms. The molecule has 2 aliphatic carbocycles. The van der Waals surface area contributed by atoms with E-state index in [9.17, 15) is 28.8 Å². The van der Waals surface area contributed by atoms with Crippen molar-refractivity contribution >= 4 is 35.6 Å². The van der Waals surface area contributed by atoms with Crippen molar-refractivity contribution in [1.29, 1.82) is 0 Å². The molecule has 4 N–H and O–H groups in total. The van der Waals surface area contributed by atoms with Crippen LogP contribution in [0.25, 0.3) is 0 Å². The molecule has 3 aliphatic rings. The summed E-state index contributed by atoms with van der Waals surface area (Å²) in [5, 5.41) is 16.4. The monoisotopic (exact) mass is 578 g/mol. The first kappa shape index (κ1) is 32.3. The number of carbonyl (C=O) groups is 6. The number of likely N-dealkylation sites (tertiary alicyclic amines) is 1. The van der Waals surface area contributed by atoms with Crippen LogP contribution in [-0.2, 0) is 28.7 Å². The Morgan fingerprint density at radius 3 is 2.22 bits per heavy atom. The molecule has 0 spiro atoms. The van der Waals surface area contributed by atoms with Crippen LogP contribution in [0.4, 0.5) is 4.79 Å². The predicted octanol–water partition coefficient (Wildman–Crippen LogP) is 2.00. The van der Waals surface area contributed by atoms with Crippen LogP contribution >= 0.6 is 0 Å². The van der Waals surface area contributed by atoms with Crippen molar-refractivity contribution < 1.29 is 38.6 Å². The maximum atomic E-state index is 14.1. The number of carbonyl (C=O) groups excluding carboxylic acids is 5. The van der Waals surface area contributed by atoms with E-state index in [4.69, 9.17) is 9.84 Å². The summed E-state index contributed by atoms with van der Waals surface area (Å²) < 4.78 is 5.46. The molecule has 0 aromatic carbocycles. The van der Waals surface area contributed by atoms with Gasteiger partial charge in [0.05, 0.1) is 6.04 Å². The van der Waals surface area contributed by atoms with Gasteiger partial charge < -0.3 is 30.7 Å². The summed E-state index contributed by atoms with van der Waals surface area (Å²) in [5.41, 5.74) is -0.940. The van der Waals surface area contributed by atoms with Gasteiger partial charge in [0.25, 0.3) is 5.91 Å². The zero-order valence-corrected chi connectivity index (χ0v) is 25.1. The number of carboxylic acid groups (broad SMARTS) is 1. The second kappa shape index (κ2) is 12.8. The summed E-state index contributed by atoms with van der Waals surface area (Å²) in [6, 6.07) is -2.88. The third kappa shape index (κ3) is 7.77. The molecule has 1 aliphatic heterocycles. The standard InChI is InChI=1S/C29H46N4O8/c1-7-11-18(23(36)25(38)30-14-19(34)35)31-24(37)22-20-17(29(20,5)6)15-33(22)26(39)21(16-12-9-8-10-13-16)32-27(40)41-28(2,3)4/h16-18,20-22H,7-15H2,1-6H3,(H,30,38)(H,31,37)(H,32,40)(H,34,35). The van der Waals surface area contributed by atoms with Gasteiger partial charge in [0.15, 0.2) is 0 Å². The molecule has 0 bridgehead atoms. The van der Waals surface area contributed by atoms with Gasteiger partial charge in [-0.25, -0.2) is 4.79 Å². The highest BCUT2D eigenvalue weighted by molar-refractivity contribution is 6.38. The van der Waals surface area contributed by atoms with Crippen LogP contribution < -0.4 is 16.0 Å². The van der Waals surface area contributed by atoms with Crippen molar-refractivity contribution in [2.75, 3.05) is 13.1 Å². The number of amides is 4. The van der Waals surface area contributed by atoms with Gasteiger partial charge in [0.1, 0.15) is 24.2 Å². The third-order valence-corrected chi connectivity index (χ3v) is 8.65. The van der Waals surface area contributed by atoms with E-state index in [0.717, 1.165) is 32.1 Å². The van der Waals surface area contributed by atoms with Crippen LogP contribution in [0.5, 0.6) is 0 Å². The fourth-order valence-electron chi connectivity index (χ4n) is 6.49. The lowest BCUT2D eigenvalue weighted by molar-refractivity contribution is -0.145. The number of hydrogen-bond donors (Lipinski definition) is 4. The second-order valence-electron chi connectivity index (χ2n) is 13.2. The Kier molecular flexibility index (Phi) is 10.1. The highest BCUT2D eigenvalue weighted by atomic mass is 16.6. The number of carboxylic acids is 1. The van der Waals surface area contributed by atoms with Gasteiger partial charge in [-0.05, 0) is 63.2 Å². The first-order valence-electron chi connectivity index (χ1n) is 14.7. The molecule has 0 aromatic heterocycles. The molecule has 3 rings (SSSR count). The Morgan fingerprint density at radius 2 is 1.66 bits per heavy atom. The van der Waals surface area contributed by atoms with Crippen molar-refractivity contribution in [1.82, 2.24) is 20.9 Å². The Bertz CT molecular complexity index is 1050. The summed E-state index contributed by atoms with van der Waals surface area (Å²) in [6.45, 7) is 10.7. The smallest absolute Gasteiger partial charge is 0.408 e. The molecule has 230 valence electrons. The average molecular weight is 579 g/mol. The molecular formula is C29H46N4O8. The lowest BCUT2D eigenvalue weighted by atomic mass is 9.83. The number of Topliss-reactive ketones (excluding diaryl/α,β-unsaturated/α-hetero) is 1. The van der Waals surface area contributed by atoms with Crippen molar-refractivity contribution in [3.05, 3.63) is 0 Å². The number of ketones is 1. The maximum Gasteiger partial charge on any atom is 0.408 e. The van der Waals surface area contributed by atoms with Gasteiger partial charge in [0, 0.05) is 6.54 Å². The van der Waals surface area contributed by atoms with Gasteiger partial charge in [-0.2, -0.15) is 0 Å². The van der Waals surface area contributed by atoms with Gasteiger partial charge in [0.2, 0.25) is 17.6 Å². The SMILES string of the molecule is CCCC(NC(=O)C1C2C(CN1C(=O)C(NC(=O)OC(C)(C)C)C1CCCCC1)C2(C)C)C(=O)C(=O)NCC(=O)O. The number of hydrogen-bond acceptors (Lipinski definition) is 7. The number of piperidine rings is 1. The van der Waals surface area contributed by atoms with Crippen molar-refractivity contribution in [2.24, 2.45) is 23.2 Å². The van der Waals surface area contributed by atoms with Crippen LogP contribution in [0.15, 0.2) is 0 Å². The third-order valence-electron chi connectivity index (χ3n) is 8.65. The lowest BCUT2D eigenvalue weighted by Crippen LogP contribution is -2.60. The number of ether oxygens (including phenoxy) is 1. The molecule has 5 atom stereocenters. The first-order chi connectivity index (χ1) is 19.1. The fraction of sp³-hybridized carbons (Fsp3) is 0.793. The number of nitrogens with zero attached hydrogens (tertiary/aromatic N) is 1. The highest BCUT2D eigenvalue weighted by Gasteiger charge is 2.69. The summed E-state index contributed by atoms with van der Waals surface area (Å²) in [4.78, 5) is 78.1. The van der Waals surface area contributed by atoms with Crippen LogP contribution in [0, 0.1) is 23.2 Å². The number of fused-ring (bicyclic) bond motifs is 1. The summed E-state index contributed by atoms with van der Waals surface area (Å²) in [7, 11) is 0. The second-order valence-corrected chi connectivity index (χ2v) is 13.2. The zero-order chi connectivity index (χ0) is 30.7. The minimum Gasteiger partial charge on any atom is -0.480 e. The summed E-state index contributed by atoms with van der Waals surface area (Å²) >= 11 is 0. The average Bonchev–Trinajstić information content (AvgIpc) is 3.21. The van der Waals surface area contributed by atoms with Crippen molar-refractivity contribution in [3.8, 4) is 0 Å². The Labute approximate surface area is 241 Å². The van der Waals surface area contributed by atoms with E-state index in [-0.39, 0.29) is 35.5 Å². The van der Waals surface area contributed by atoms with Gasteiger partial charge in [-0.15, -0.1) is 0 Å². The van der Waals surface area contributed by atoms with Gasteiger partial charge in [-0.3, -0.25) is 24.0 Å². The fourth-order valence-corrected chi connectivity index (χ4v) is 6.49. The quantitative estimate of drug-likeness (QED) is 0.270. The van der Waals surface area contributed by atoms with E-state index in [1.807, 2.05) is 13.8 Å². The topological polar surface area (TPSA) is 171 Å². The normalized spacial score (nSPS) is 24.8. The van der Waals surface area contributed by atoms with E-state index in [1.54, 1.807) is 27.7 Å². The van der Waals surface area contributed by atoms with Gasteiger partial charge in [-0.1, -0.05) is 46.5 Å². The molecule has 0 radical (unpaired) electrons. The van der Waals surface area contributed by atoms with Gasteiger partial charge >= 0.3 is 12.1 Å². The minimum atomic E-state index is -1.29. The van der Waals surface area contributed by atoms with Crippen molar-refractivity contribution in [3.63, 3.8) is 0 Å². The maximum absolute atomic E-state index is 14.1. The van der Waals surface area contributed by atoms with Crippen LogP contribution in [0.2, 0.25) is 0 Å². The van der Waals surface area contributed by atoms with Crippen LogP contribution in [-0.4, -0.2) is 82.4 Å². The Balaban J connectivity index is 1.83. The number of nitrogens with one attached hydrogen (secondary N) is 3. The number of aliphatic carboxylic acids is 1. The predicted molar refractivity (Wildman–Crippen MR) is 148 cm³/mol. The first-order valence-corrected chi connectivity index (χ1v) is 14.7. The Hall–Kier alpha value is -3.18. The zero-order valence-electron chi connectivity index (χ0n) is 25.1. The lowest BCUT2D eigenvalue weighted by Gasteiger charge is -2.37. The molecule has 3 fully saturated rings. The minimum absolute atomic E-state index is 0.0786. The largest absolute Gasteiger partial charge is 0.480 e. The summed E-state index contributed by atoms with van der Waals surface area (Å²) in [5.74, 6) is -4.35. The summed E-state index contributed by atoms with van der Waals surface area (Å²) in [6.07, 6.45) is 4.46. The van der Waals surface area contributed by atoms with E-state index < -0.39 is 59.9 Å². The molecule has 4 amide bonds. The molecule has 1 saturated heterocycles. The molecular weight excluding hydrogens is 532 g/mol. The molecule has 1 heterocycles. The van der Waals surface area contributed by atoms with E-state index in [1.165, 1.54) is 4.90 Å². The molecule has 12 heteroatoms. The van der Waals surface area contributed by atoms with E-state index in [0.29, 0.717) is 13.0 Å². The van der Waals surface area contributed by atoms with Crippen LogP contribution in [0.3, 0.4) is 0 Å². The Morgan fingerprint density at radius 1 is 1.02 bits per heavy atom.